The van der Waals surface area contributed by atoms with E-state index in [0.29, 0.717) is 0 Å². The van der Waals surface area contributed by atoms with Crippen LogP contribution in [0, 0.1) is 6.92 Å². The van der Waals surface area contributed by atoms with E-state index >= 15 is 0 Å². The summed E-state index contributed by atoms with van der Waals surface area (Å²) in [6, 6.07) is 7.69. The van der Waals surface area contributed by atoms with Gasteiger partial charge in [0.05, 0.1) is 13.7 Å². The van der Waals surface area contributed by atoms with Crippen molar-refractivity contribution in [2.24, 2.45) is 7.05 Å². The Morgan fingerprint density at radius 3 is 2.38 bits per heavy atom. The molecule has 6 nitrogen and oxygen atoms in total. The number of hydrogen-bond donors (Lipinski definition) is 2. The van der Waals surface area contributed by atoms with Crippen LogP contribution in [0.2, 0.25) is 0 Å². The second-order valence-corrected chi connectivity index (χ2v) is 4.84. The zero-order chi connectivity index (χ0) is 15.6. The van der Waals surface area contributed by atoms with Gasteiger partial charge in [0.2, 0.25) is 5.88 Å². The number of aromatic hydroxyl groups is 2. The van der Waals surface area contributed by atoms with Gasteiger partial charge in [-0.05, 0) is 12.5 Å². The lowest BCUT2D eigenvalue weighted by Crippen LogP contribution is -2.29. The Labute approximate surface area is 122 Å². The van der Waals surface area contributed by atoms with E-state index in [0.717, 1.165) is 16.2 Å². The number of nitrogens with zero attached hydrogens (tertiary/aromatic N) is 2. The second-order valence-electron chi connectivity index (χ2n) is 4.84. The van der Waals surface area contributed by atoms with Crippen LogP contribution in [0.3, 0.4) is 0 Å². The van der Waals surface area contributed by atoms with Crippen molar-refractivity contribution in [3.8, 4) is 11.6 Å². The molecule has 21 heavy (non-hydrogen) atoms. The highest BCUT2D eigenvalue weighted by atomic mass is 16.7. The average molecular weight is 290 g/mol. The Kier molecular flexibility index (Phi) is 4.18. The maximum absolute atomic E-state index is 12.4. The Hall–Kier alpha value is -2.47. The first-order valence-electron chi connectivity index (χ1n) is 6.42. The topological polar surface area (TPSA) is 74.9 Å². The summed E-state index contributed by atoms with van der Waals surface area (Å²) in [5.41, 5.74) is 2.01. The molecule has 1 heterocycles. The first-order valence-corrected chi connectivity index (χ1v) is 6.42. The second kappa shape index (κ2) is 5.88. The minimum absolute atomic E-state index is 0.0102. The number of carbonyl (C=O) groups is 1. The molecule has 112 valence electrons. The molecular formula is C15H18N2O4. The van der Waals surface area contributed by atoms with Crippen molar-refractivity contribution in [2.45, 2.75) is 13.5 Å². The minimum Gasteiger partial charge on any atom is -0.503 e. The lowest BCUT2D eigenvalue weighted by molar-refractivity contribution is -0.102. The number of rotatable bonds is 4. The molecule has 0 aliphatic heterocycles. The molecule has 2 aromatic rings. The van der Waals surface area contributed by atoms with E-state index in [9.17, 15) is 15.0 Å². The van der Waals surface area contributed by atoms with Gasteiger partial charge in [0.25, 0.3) is 5.91 Å². The summed E-state index contributed by atoms with van der Waals surface area (Å²) >= 11 is 0. The fraction of sp³-hybridized carbons (Fsp3) is 0.267. The van der Waals surface area contributed by atoms with E-state index < -0.39 is 11.7 Å². The summed E-state index contributed by atoms with van der Waals surface area (Å²) < 4.78 is 1.27. The van der Waals surface area contributed by atoms with Gasteiger partial charge in [0, 0.05) is 13.2 Å². The number of benzene rings is 1. The van der Waals surface area contributed by atoms with Gasteiger partial charge in [0.1, 0.15) is 5.56 Å². The van der Waals surface area contributed by atoms with E-state index in [1.807, 2.05) is 31.2 Å². The van der Waals surface area contributed by atoms with Crippen molar-refractivity contribution in [1.29, 1.82) is 0 Å². The summed E-state index contributed by atoms with van der Waals surface area (Å²) in [7, 11) is 2.91. The van der Waals surface area contributed by atoms with Crippen molar-refractivity contribution < 1.29 is 19.8 Å². The largest absolute Gasteiger partial charge is 0.503 e. The quantitative estimate of drug-likeness (QED) is 0.844. The van der Waals surface area contributed by atoms with E-state index in [4.69, 9.17) is 4.84 Å². The standard InChI is InChI=1S/C15H18N2O4/c1-10-4-6-11(7-5-10)8-17(21-3)14(19)12-9-16(2)15(20)13(12)18/h4-7,9,18,20H,8H2,1-3H3. The first-order chi connectivity index (χ1) is 9.93. The smallest absolute Gasteiger partial charge is 0.283 e. The molecule has 0 unspecified atom stereocenters. The Morgan fingerprint density at radius 1 is 1.29 bits per heavy atom. The van der Waals surface area contributed by atoms with Gasteiger partial charge >= 0.3 is 0 Å². The lowest BCUT2D eigenvalue weighted by atomic mass is 10.1. The molecule has 1 aromatic carbocycles. The molecule has 0 saturated heterocycles. The van der Waals surface area contributed by atoms with E-state index in [1.54, 1.807) is 0 Å². The third-order valence-corrected chi connectivity index (χ3v) is 3.25. The van der Waals surface area contributed by atoms with Gasteiger partial charge in [-0.25, -0.2) is 5.06 Å². The molecule has 0 fully saturated rings. The maximum atomic E-state index is 12.4. The molecule has 0 bridgehead atoms. The molecule has 0 aliphatic carbocycles. The molecular weight excluding hydrogens is 272 g/mol. The molecule has 2 rings (SSSR count). The van der Waals surface area contributed by atoms with Crippen LogP contribution in [0.4, 0.5) is 0 Å². The zero-order valence-electron chi connectivity index (χ0n) is 12.2. The van der Waals surface area contributed by atoms with Gasteiger partial charge in [-0.2, -0.15) is 0 Å². The van der Waals surface area contributed by atoms with E-state index in [1.165, 1.54) is 24.9 Å². The van der Waals surface area contributed by atoms with Crippen LogP contribution in [-0.2, 0) is 18.4 Å². The lowest BCUT2D eigenvalue weighted by Gasteiger charge is -2.19. The van der Waals surface area contributed by atoms with Gasteiger partial charge in [-0.3, -0.25) is 9.63 Å². The van der Waals surface area contributed by atoms with Gasteiger partial charge in [-0.1, -0.05) is 29.8 Å². The predicted octanol–water partition coefficient (Wildman–Crippen LogP) is 1.95. The number of aromatic nitrogens is 1. The number of hydroxylamine groups is 2. The van der Waals surface area contributed by atoms with Crippen LogP contribution in [-0.4, -0.2) is 32.9 Å². The summed E-state index contributed by atoms with van der Waals surface area (Å²) in [5.74, 6) is -1.33. The van der Waals surface area contributed by atoms with E-state index in [2.05, 4.69) is 0 Å². The van der Waals surface area contributed by atoms with Crippen LogP contribution in [0.1, 0.15) is 21.5 Å². The van der Waals surface area contributed by atoms with Crippen molar-refractivity contribution in [2.75, 3.05) is 7.11 Å². The van der Waals surface area contributed by atoms with Crippen molar-refractivity contribution in [3.05, 3.63) is 47.2 Å². The fourth-order valence-electron chi connectivity index (χ4n) is 1.97. The van der Waals surface area contributed by atoms with Crippen LogP contribution in [0.25, 0.3) is 0 Å². The van der Waals surface area contributed by atoms with Gasteiger partial charge < -0.3 is 14.8 Å². The Morgan fingerprint density at radius 2 is 1.90 bits per heavy atom. The third kappa shape index (κ3) is 3.00. The van der Waals surface area contributed by atoms with E-state index in [-0.39, 0.29) is 18.0 Å². The van der Waals surface area contributed by atoms with Crippen molar-refractivity contribution in [1.82, 2.24) is 9.63 Å². The number of aryl methyl sites for hydroxylation is 2. The van der Waals surface area contributed by atoms with Crippen LogP contribution in [0.15, 0.2) is 30.5 Å². The molecule has 1 amide bonds. The van der Waals surface area contributed by atoms with Crippen molar-refractivity contribution in [3.63, 3.8) is 0 Å². The number of carbonyl (C=O) groups excluding carboxylic acids is 1. The maximum Gasteiger partial charge on any atom is 0.283 e. The van der Waals surface area contributed by atoms with Crippen LogP contribution < -0.4 is 0 Å². The highest BCUT2D eigenvalue weighted by Gasteiger charge is 2.24. The molecule has 6 heteroatoms. The Balaban J connectivity index is 2.22. The molecule has 0 spiro atoms. The summed E-state index contributed by atoms with van der Waals surface area (Å²) in [4.78, 5) is 17.4. The summed E-state index contributed by atoms with van der Waals surface area (Å²) in [5, 5.41) is 20.4. The molecule has 0 atom stereocenters. The molecule has 2 N–H and O–H groups in total. The molecule has 1 aromatic heterocycles. The monoisotopic (exact) mass is 290 g/mol. The minimum atomic E-state index is -0.522. The molecule has 0 saturated carbocycles. The zero-order valence-corrected chi connectivity index (χ0v) is 12.2. The highest BCUT2D eigenvalue weighted by Crippen LogP contribution is 2.31. The normalized spacial score (nSPS) is 10.6. The summed E-state index contributed by atoms with van der Waals surface area (Å²) in [6.45, 7) is 2.22. The first kappa shape index (κ1) is 14.9. The SMILES string of the molecule is CON(Cc1ccc(C)cc1)C(=O)c1cn(C)c(O)c1O. The molecule has 0 radical (unpaired) electrons. The molecule has 0 aliphatic rings. The fourth-order valence-corrected chi connectivity index (χ4v) is 1.97. The highest BCUT2D eigenvalue weighted by molar-refractivity contribution is 5.97. The Bertz CT molecular complexity index is 646. The third-order valence-electron chi connectivity index (χ3n) is 3.25. The average Bonchev–Trinajstić information content (AvgIpc) is 2.73. The van der Waals surface area contributed by atoms with Crippen molar-refractivity contribution >= 4 is 5.91 Å². The van der Waals surface area contributed by atoms with Gasteiger partial charge in [0.15, 0.2) is 5.75 Å². The van der Waals surface area contributed by atoms with Crippen LogP contribution >= 0.6 is 0 Å². The number of amides is 1. The van der Waals surface area contributed by atoms with Gasteiger partial charge in [-0.15, -0.1) is 0 Å². The van der Waals surface area contributed by atoms with Crippen LogP contribution in [0.5, 0.6) is 11.6 Å². The summed E-state index contributed by atoms with van der Waals surface area (Å²) in [6.07, 6.45) is 1.36. The number of hydrogen-bond acceptors (Lipinski definition) is 4. The predicted molar refractivity (Wildman–Crippen MR) is 76.8 cm³/mol.